The Labute approximate surface area is 241 Å². The number of phenolic OH excluding ortho intramolecular Hbond substituents is 1. The molecule has 1 aliphatic heterocycles. The van der Waals surface area contributed by atoms with Crippen LogP contribution in [0.2, 0.25) is 0 Å². The number of ether oxygens (including phenoxy) is 1. The normalized spacial score (nSPS) is 15.6. The Hall–Kier alpha value is -3.74. The van der Waals surface area contributed by atoms with Gasteiger partial charge in [0.1, 0.15) is 40.0 Å². The number of fused-ring (bicyclic) bond motifs is 1. The van der Waals surface area contributed by atoms with Crippen LogP contribution in [0.5, 0.6) is 11.6 Å². The van der Waals surface area contributed by atoms with Gasteiger partial charge in [0.05, 0.1) is 11.4 Å². The van der Waals surface area contributed by atoms with E-state index in [0.717, 1.165) is 35.5 Å². The zero-order valence-corrected chi connectivity index (χ0v) is 24.4. The predicted molar refractivity (Wildman–Crippen MR) is 157 cm³/mol. The molecule has 1 aromatic carbocycles. The molecular formula is C27H32ClN7O4S. The second kappa shape index (κ2) is 12.2. The summed E-state index contributed by atoms with van der Waals surface area (Å²) in [6.45, 7) is 7.59. The van der Waals surface area contributed by atoms with Crippen LogP contribution < -0.4 is 15.5 Å². The molecule has 212 valence electrons. The van der Waals surface area contributed by atoms with Crippen molar-refractivity contribution in [3.05, 3.63) is 51.9 Å². The van der Waals surface area contributed by atoms with Crippen LogP contribution in [0.1, 0.15) is 66.6 Å². The van der Waals surface area contributed by atoms with Gasteiger partial charge in [0.25, 0.3) is 5.91 Å². The van der Waals surface area contributed by atoms with Crippen molar-refractivity contribution in [2.24, 2.45) is 0 Å². The molecule has 1 amide bonds. The first-order valence-electron chi connectivity index (χ1n) is 12.7. The van der Waals surface area contributed by atoms with Crippen LogP contribution in [-0.4, -0.2) is 55.7 Å². The Balaban J connectivity index is 1.61. The molecule has 11 nitrogen and oxygen atoms in total. The lowest BCUT2D eigenvalue weighted by molar-refractivity contribution is 0.0780. The number of hydrogen-bond donors (Lipinski definition) is 5. The van der Waals surface area contributed by atoms with E-state index in [2.05, 4.69) is 31.9 Å². The minimum Gasteiger partial charge on any atom is -0.506 e. The SMILES string of the molecule is CCCC(C)NC(=N)c1c(O)nsc1Nc1ccc(C(=O)N2c3nc(C)nc(/C(C)=C\Cl)c3CC2OC)cc1O. The molecule has 2 atom stereocenters. The van der Waals surface area contributed by atoms with Gasteiger partial charge in [-0.3, -0.25) is 15.1 Å². The largest absolute Gasteiger partial charge is 0.506 e. The standard InChI is InChI=1S/C27H32ClN7O4S/c1-6-7-14(3)30-23(29)21-25(37)34-40-26(21)33-18-9-8-16(10-19(18)36)27(38)35-20(39-5)11-17-22(13(2)12-28)31-15(4)32-24(17)35/h8-10,12,14,20,33,36H,6-7,11H2,1-5H3,(H2,29,30)(H,34,37)/b13-12-. The van der Waals surface area contributed by atoms with Gasteiger partial charge in [-0.05, 0) is 62.5 Å². The van der Waals surface area contributed by atoms with Crippen molar-refractivity contribution in [3.8, 4) is 11.6 Å². The van der Waals surface area contributed by atoms with Gasteiger partial charge >= 0.3 is 0 Å². The number of phenols is 1. The summed E-state index contributed by atoms with van der Waals surface area (Å²) in [4.78, 5) is 24.2. The number of rotatable bonds is 9. The predicted octanol–water partition coefficient (Wildman–Crippen LogP) is 5.27. The first kappa shape index (κ1) is 29.2. The van der Waals surface area contributed by atoms with Gasteiger partial charge in [0.15, 0.2) is 0 Å². The van der Waals surface area contributed by atoms with E-state index in [4.69, 9.17) is 21.7 Å². The molecule has 5 N–H and O–H groups in total. The number of aromatic nitrogens is 3. The maximum absolute atomic E-state index is 13.7. The molecule has 3 heterocycles. The van der Waals surface area contributed by atoms with Gasteiger partial charge in [0, 0.05) is 36.2 Å². The Kier molecular flexibility index (Phi) is 8.92. The molecule has 0 saturated heterocycles. The zero-order chi connectivity index (χ0) is 29.1. The molecule has 0 saturated carbocycles. The van der Waals surface area contributed by atoms with Crippen molar-refractivity contribution in [3.63, 3.8) is 0 Å². The first-order valence-corrected chi connectivity index (χ1v) is 14.0. The van der Waals surface area contributed by atoms with E-state index in [-0.39, 0.29) is 40.3 Å². The lowest BCUT2D eigenvalue weighted by atomic mass is 10.1. The number of amides is 1. The lowest BCUT2D eigenvalue weighted by Crippen LogP contribution is -2.39. The van der Waals surface area contributed by atoms with Crippen LogP contribution in [0.15, 0.2) is 23.7 Å². The Morgan fingerprint density at radius 2 is 2.12 bits per heavy atom. The summed E-state index contributed by atoms with van der Waals surface area (Å²) >= 11 is 6.92. The van der Waals surface area contributed by atoms with E-state index in [9.17, 15) is 15.0 Å². The summed E-state index contributed by atoms with van der Waals surface area (Å²) in [5, 5.41) is 36.0. The van der Waals surface area contributed by atoms with E-state index >= 15 is 0 Å². The maximum atomic E-state index is 13.7. The molecule has 0 radical (unpaired) electrons. The van der Waals surface area contributed by atoms with Gasteiger partial charge in [-0.1, -0.05) is 24.9 Å². The minimum absolute atomic E-state index is 0.0233. The Morgan fingerprint density at radius 1 is 1.38 bits per heavy atom. The Morgan fingerprint density at radius 3 is 2.77 bits per heavy atom. The molecular weight excluding hydrogens is 554 g/mol. The van der Waals surface area contributed by atoms with Gasteiger partial charge in [-0.2, -0.15) is 4.37 Å². The number of carbonyl (C=O) groups excluding carboxylic acids is 1. The number of benzene rings is 1. The van der Waals surface area contributed by atoms with Crippen molar-refractivity contribution in [2.75, 3.05) is 17.3 Å². The summed E-state index contributed by atoms with van der Waals surface area (Å²) < 4.78 is 9.59. The van der Waals surface area contributed by atoms with Gasteiger partial charge in [-0.15, -0.1) is 0 Å². The van der Waals surface area contributed by atoms with Crippen molar-refractivity contribution < 1.29 is 19.7 Å². The third-order valence-corrected chi connectivity index (χ3v) is 7.63. The highest BCUT2D eigenvalue weighted by molar-refractivity contribution is 7.11. The number of methoxy groups -OCH3 is 1. The summed E-state index contributed by atoms with van der Waals surface area (Å²) in [7, 11) is 1.52. The fourth-order valence-electron chi connectivity index (χ4n) is 4.61. The second-order valence-corrected chi connectivity index (χ2v) is 10.6. The number of nitrogens with one attached hydrogen (secondary N) is 3. The van der Waals surface area contributed by atoms with Crippen molar-refractivity contribution in [1.82, 2.24) is 19.7 Å². The monoisotopic (exact) mass is 585 g/mol. The number of allylic oxidation sites excluding steroid dienone is 1. The van der Waals surface area contributed by atoms with Crippen LogP contribution in [0, 0.1) is 12.3 Å². The van der Waals surface area contributed by atoms with Crippen LogP contribution in [-0.2, 0) is 11.2 Å². The molecule has 3 aromatic rings. The number of nitrogens with zero attached hydrogens (tertiary/aromatic N) is 4. The summed E-state index contributed by atoms with van der Waals surface area (Å²) in [5.74, 6) is 0.0566. The molecule has 2 unspecified atom stereocenters. The van der Waals surface area contributed by atoms with Crippen LogP contribution in [0.4, 0.5) is 16.5 Å². The highest BCUT2D eigenvalue weighted by Crippen LogP contribution is 2.38. The highest BCUT2D eigenvalue weighted by atomic mass is 35.5. The third-order valence-electron chi connectivity index (χ3n) is 6.55. The number of aryl methyl sites for hydroxylation is 1. The lowest BCUT2D eigenvalue weighted by Gasteiger charge is -2.24. The molecule has 40 heavy (non-hydrogen) atoms. The molecule has 2 aromatic heterocycles. The number of anilines is 3. The van der Waals surface area contributed by atoms with E-state index < -0.39 is 12.1 Å². The average Bonchev–Trinajstić information content (AvgIpc) is 3.48. The first-order chi connectivity index (χ1) is 19.1. The molecule has 4 rings (SSSR count). The van der Waals surface area contributed by atoms with Crippen molar-refractivity contribution >= 4 is 57.0 Å². The van der Waals surface area contributed by atoms with Crippen molar-refractivity contribution in [2.45, 2.75) is 59.2 Å². The second-order valence-electron chi connectivity index (χ2n) is 9.56. The number of carbonyl (C=O) groups is 1. The van der Waals surface area contributed by atoms with E-state index in [1.54, 1.807) is 19.1 Å². The van der Waals surface area contributed by atoms with E-state index in [1.807, 2.05) is 13.8 Å². The van der Waals surface area contributed by atoms with Gasteiger partial charge < -0.3 is 25.6 Å². The molecule has 13 heteroatoms. The number of aromatic hydroxyl groups is 2. The molecule has 0 aliphatic carbocycles. The number of hydrogen-bond acceptors (Lipinski definition) is 10. The highest BCUT2D eigenvalue weighted by Gasteiger charge is 2.38. The zero-order valence-electron chi connectivity index (χ0n) is 22.9. The smallest absolute Gasteiger partial charge is 0.261 e. The maximum Gasteiger partial charge on any atom is 0.261 e. The number of amidine groups is 1. The third kappa shape index (κ3) is 5.74. The molecule has 0 bridgehead atoms. The summed E-state index contributed by atoms with van der Waals surface area (Å²) in [6, 6.07) is 4.51. The van der Waals surface area contributed by atoms with E-state index in [0.29, 0.717) is 28.8 Å². The number of halogens is 1. The summed E-state index contributed by atoms with van der Waals surface area (Å²) in [6.07, 6.45) is 1.58. The van der Waals surface area contributed by atoms with Gasteiger partial charge in [-0.25, -0.2) is 9.97 Å². The molecule has 0 fully saturated rings. The van der Waals surface area contributed by atoms with E-state index in [1.165, 1.54) is 23.6 Å². The quantitative estimate of drug-likeness (QED) is 0.128. The Bertz CT molecular complexity index is 1480. The summed E-state index contributed by atoms with van der Waals surface area (Å²) in [5.41, 5.74) is 4.30. The van der Waals surface area contributed by atoms with Gasteiger partial charge in [0.2, 0.25) is 5.88 Å². The average molecular weight is 586 g/mol. The topological polar surface area (TPSA) is 157 Å². The van der Waals surface area contributed by atoms with Crippen LogP contribution in [0.3, 0.4) is 0 Å². The van der Waals surface area contributed by atoms with Crippen LogP contribution >= 0.6 is 23.1 Å². The van der Waals surface area contributed by atoms with Crippen LogP contribution in [0.25, 0.3) is 5.57 Å². The fraction of sp³-hybridized carbons (Fsp3) is 0.370. The van der Waals surface area contributed by atoms with Crippen molar-refractivity contribution in [1.29, 1.82) is 5.41 Å². The molecule has 1 aliphatic rings. The fourth-order valence-corrected chi connectivity index (χ4v) is 5.42. The minimum atomic E-state index is -0.614. The molecule has 0 spiro atoms.